The summed E-state index contributed by atoms with van der Waals surface area (Å²) in [5, 5.41) is 12.6. The quantitative estimate of drug-likeness (QED) is 0.515. The highest BCUT2D eigenvalue weighted by Gasteiger charge is 2.17. The predicted molar refractivity (Wildman–Crippen MR) is 123 cm³/mol. The van der Waals surface area contributed by atoms with Crippen molar-refractivity contribution in [2.45, 2.75) is 33.4 Å². The van der Waals surface area contributed by atoms with Gasteiger partial charge in [-0.05, 0) is 44.5 Å². The molecule has 0 saturated heterocycles. The van der Waals surface area contributed by atoms with Crippen LogP contribution < -0.4 is 10.2 Å². The summed E-state index contributed by atoms with van der Waals surface area (Å²) in [6, 6.07) is 12.1. The molecule has 0 saturated carbocycles. The molecule has 4 rings (SSSR count). The Morgan fingerprint density at radius 1 is 1.13 bits per heavy atom. The number of carbonyl (C=O) groups excluding carboxylic acids is 1. The van der Waals surface area contributed by atoms with Crippen LogP contribution in [0.5, 0.6) is 0 Å². The summed E-state index contributed by atoms with van der Waals surface area (Å²) < 4.78 is 3.64. The molecule has 8 nitrogen and oxygen atoms in total. The van der Waals surface area contributed by atoms with Gasteiger partial charge in [0.25, 0.3) is 5.91 Å². The minimum absolute atomic E-state index is 0.199. The Balaban J connectivity index is 1.54. The molecule has 1 aromatic carbocycles. The number of aryl methyl sites for hydroxylation is 1. The van der Waals surface area contributed by atoms with Crippen molar-refractivity contribution in [2.24, 2.45) is 0 Å². The van der Waals surface area contributed by atoms with E-state index in [9.17, 15) is 4.79 Å². The average Bonchev–Trinajstić information content (AvgIpc) is 3.34. The molecule has 1 amide bonds. The Morgan fingerprint density at radius 3 is 2.55 bits per heavy atom. The van der Waals surface area contributed by atoms with Gasteiger partial charge < -0.3 is 10.2 Å². The van der Waals surface area contributed by atoms with E-state index in [1.165, 1.54) is 0 Å². The van der Waals surface area contributed by atoms with Crippen LogP contribution in [-0.2, 0) is 6.54 Å². The van der Waals surface area contributed by atoms with Crippen molar-refractivity contribution < 1.29 is 4.79 Å². The second-order valence-corrected chi connectivity index (χ2v) is 8.11. The Morgan fingerprint density at radius 2 is 1.87 bits per heavy atom. The van der Waals surface area contributed by atoms with Gasteiger partial charge in [-0.15, -0.1) is 0 Å². The first-order valence-electron chi connectivity index (χ1n) is 10.3. The lowest BCUT2D eigenvalue weighted by Crippen LogP contribution is -2.18. The van der Waals surface area contributed by atoms with Gasteiger partial charge in [-0.25, -0.2) is 14.3 Å². The summed E-state index contributed by atoms with van der Waals surface area (Å²) in [4.78, 5) is 19.7. The van der Waals surface area contributed by atoms with E-state index in [0.29, 0.717) is 23.6 Å². The third-order valence-electron chi connectivity index (χ3n) is 5.24. The van der Waals surface area contributed by atoms with E-state index in [1.807, 2.05) is 31.8 Å². The SMILES string of the molecule is Cc1nc2c(cnn2C(C)C)cc1C(=O)Nc1ccnn1Cc1ccc(N(C)C)cc1. The normalized spacial score (nSPS) is 11.3. The third kappa shape index (κ3) is 4.14. The van der Waals surface area contributed by atoms with Crippen LogP contribution >= 0.6 is 0 Å². The van der Waals surface area contributed by atoms with Crippen molar-refractivity contribution in [3.8, 4) is 0 Å². The van der Waals surface area contributed by atoms with Gasteiger partial charge in [-0.1, -0.05) is 12.1 Å². The van der Waals surface area contributed by atoms with Crippen LogP contribution in [0.2, 0.25) is 0 Å². The van der Waals surface area contributed by atoms with Crippen LogP contribution in [0.1, 0.15) is 41.5 Å². The highest BCUT2D eigenvalue weighted by atomic mass is 16.1. The van der Waals surface area contributed by atoms with E-state index < -0.39 is 0 Å². The monoisotopic (exact) mass is 417 g/mol. The second-order valence-electron chi connectivity index (χ2n) is 8.11. The van der Waals surface area contributed by atoms with Crippen LogP contribution in [-0.4, -0.2) is 44.5 Å². The largest absolute Gasteiger partial charge is 0.378 e. The first-order chi connectivity index (χ1) is 14.8. The molecule has 1 N–H and O–H groups in total. The number of nitrogens with one attached hydrogen (secondary N) is 1. The molecule has 0 radical (unpaired) electrons. The Bertz CT molecular complexity index is 1220. The van der Waals surface area contributed by atoms with Gasteiger partial charge in [-0.2, -0.15) is 10.2 Å². The summed E-state index contributed by atoms with van der Waals surface area (Å²) in [7, 11) is 4.02. The number of aromatic nitrogens is 5. The summed E-state index contributed by atoms with van der Waals surface area (Å²) in [6.45, 7) is 6.52. The highest BCUT2D eigenvalue weighted by Crippen LogP contribution is 2.21. The molecule has 0 atom stereocenters. The number of benzene rings is 1. The molecule has 3 aromatic heterocycles. The Hall–Kier alpha value is -3.68. The van der Waals surface area contributed by atoms with E-state index in [-0.39, 0.29) is 11.9 Å². The molecule has 0 bridgehead atoms. The lowest BCUT2D eigenvalue weighted by atomic mass is 10.1. The number of pyridine rings is 1. The fraction of sp³-hybridized carbons (Fsp3) is 0.304. The molecule has 0 aliphatic rings. The average molecular weight is 418 g/mol. The number of hydrogen-bond acceptors (Lipinski definition) is 5. The number of carbonyl (C=O) groups is 1. The third-order valence-corrected chi connectivity index (χ3v) is 5.24. The molecule has 0 fully saturated rings. The van der Waals surface area contributed by atoms with Crippen LogP contribution in [0, 0.1) is 6.92 Å². The molecule has 0 aliphatic heterocycles. The summed E-state index contributed by atoms with van der Waals surface area (Å²) in [5.74, 6) is 0.424. The molecule has 31 heavy (non-hydrogen) atoms. The lowest BCUT2D eigenvalue weighted by molar-refractivity contribution is 0.102. The number of nitrogens with zero attached hydrogens (tertiary/aromatic N) is 6. The van der Waals surface area contributed by atoms with Crippen molar-refractivity contribution in [2.75, 3.05) is 24.3 Å². The predicted octanol–water partition coefficient (Wildman–Crippen LogP) is 3.88. The maximum Gasteiger partial charge on any atom is 0.258 e. The lowest BCUT2D eigenvalue weighted by Gasteiger charge is -2.14. The number of rotatable bonds is 6. The number of fused-ring (bicyclic) bond motifs is 1. The molecule has 160 valence electrons. The van der Waals surface area contributed by atoms with Gasteiger partial charge in [0.15, 0.2) is 5.65 Å². The highest BCUT2D eigenvalue weighted by molar-refractivity contribution is 6.06. The van der Waals surface area contributed by atoms with Gasteiger partial charge in [0.1, 0.15) is 5.82 Å². The number of anilines is 2. The van der Waals surface area contributed by atoms with Gasteiger partial charge in [-0.3, -0.25) is 4.79 Å². The van der Waals surface area contributed by atoms with Crippen molar-refractivity contribution in [3.63, 3.8) is 0 Å². The van der Waals surface area contributed by atoms with Gasteiger partial charge in [0, 0.05) is 37.3 Å². The van der Waals surface area contributed by atoms with Crippen molar-refractivity contribution in [3.05, 3.63) is 65.6 Å². The number of hydrogen-bond donors (Lipinski definition) is 1. The molecular formula is C23H27N7O. The summed E-state index contributed by atoms with van der Waals surface area (Å²) in [6.07, 6.45) is 3.44. The standard InChI is InChI=1S/C23H27N7O/c1-15(2)30-22-18(13-25-30)12-20(16(3)26-22)23(31)27-21-10-11-24-29(21)14-17-6-8-19(9-7-17)28(4)5/h6-13,15H,14H2,1-5H3,(H,27,31). The maximum absolute atomic E-state index is 13.0. The van der Waals surface area contributed by atoms with Crippen LogP contribution in [0.25, 0.3) is 11.0 Å². The van der Waals surface area contributed by atoms with Gasteiger partial charge in [0.05, 0.1) is 30.2 Å². The van der Waals surface area contributed by atoms with E-state index in [1.54, 1.807) is 23.1 Å². The van der Waals surface area contributed by atoms with Crippen LogP contribution in [0.15, 0.2) is 48.8 Å². The zero-order valence-electron chi connectivity index (χ0n) is 18.5. The summed E-state index contributed by atoms with van der Waals surface area (Å²) >= 11 is 0. The molecule has 4 aromatic rings. The molecule has 0 unspecified atom stereocenters. The first-order valence-corrected chi connectivity index (χ1v) is 10.3. The molecule has 3 heterocycles. The van der Waals surface area contributed by atoms with E-state index in [2.05, 4.69) is 63.5 Å². The van der Waals surface area contributed by atoms with Crippen LogP contribution in [0.3, 0.4) is 0 Å². The molecule has 0 aliphatic carbocycles. The molecule has 0 spiro atoms. The van der Waals surface area contributed by atoms with Crippen molar-refractivity contribution in [1.82, 2.24) is 24.5 Å². The number of amides is 1. The minimum atomic E-state index is -0.214. The zero-order valence-corrected chi connectivity index (χ0v) is 18.5. The van der Waals surface area contributed by atoms with E-state index in [4.69, 9.17) is 0 Å². The molecular weight excluding hydrogens is 390 g/mol. The summed E-state index contributed by atoms with van der Waals surface area (Å²) in [5.41, 5.74) is 4.22. The topological polar surface area (TPSA) is 80.9 Å². The first kappa shape index (κ1) is 20.6. The van der Waals surface area contributed by atoms with E-state index in [0.717, 1.165) is 22.3 Å². The van der Waals surface area contributed by atoms with Crippen molar-refractivity contribution in [1.29, 1.82) is 0 Å². The van der Waals surface area contributed by atoms with Gasteiger partial charge in [0.2, 0.25) is 0 Å². The Kier molecular flexibility index (Phi) is 5.46. The van der Waals surface area contributed by atoms with Crippen molar-refractivity contribution >= 4 is 28.4 Å². The zero-order chi connectivity index (χ0) is 22.1. The second kappa shape index (κ2) is 8.22. The fourth-order valence-electron chi connectivity index (χ4n) is 3.49. The minimum Gasteiger partial charge on any atom is -0.378 e. The van der Waals surface area contributed by atoms with Gasteiger partial charge >= 0.3 is 0 Å². The van der Waals surface area contributed by atoms with E-state index >= 15 is 0 Å². The fourth-order valence-corrected chi connectivity index (χ4v) is 3.49. The smallest absolute Gasteiger partial charge is 0.258 e. The Labute approximate surface area is 181 Å². The van der Waals surface area contributed by atoms with Crippen LogP contribution in [0.4, 0.5) is 11.5 Å². The molecule has 8 heteroatoms. The maximum atomic E-state index is 13.0.